The van der Waals surface area contributed by atoms with Gasteiger partial charge in [0.15, 0.2) is 0 Å². The van der Waals surface area contributed by atoms with Gasteiger partial charge in [0.2, 0.25) is 10.0 Å². The van der Waals surface area contributed by atoms with Crippen molar-refractivity contribution in [1.82, 2.24) is 14.6 Å². The summed E-state index contributed by atoms with van der Waals surface area (Å²) in [7, 11) is -3.69. The Balaban J connectivity index is 1.51. The van der Waals surface area contributed by atoms with E-state index in [1.807, 2.05) is 18.2 Å². The molecule has 1 saturated heterocycles. The Kier molecular flexibility index (Phi) is 6.01. The van der Waals surface area contributed by atoms with E-state index in [4.69, 9.17) is 0 Å². The first-order valence-corrected chi connectivity index (χ1v) is 10.3. The lowest BCUT2D eigenvalue weighted by Gasteiger charge is -2.31. The molecule has 0 aliphatic carbocycles. The standard InChI is InChI=1S/C19H24FN3O2S/c1-15-5-6-17(20)12-19(15)26(24,25)22-13-16-7-10-23(11-8-16)14-18-4-2-3-9-21-18/h2-6,9,12,16,22H,7-8,10-11,13-14H2,1H3. The number of hydrogen-bond donors (Lipinski definition) is 1. The highest BCUT2D eigenvalue weighted by atomic mass is 32.2. The van der Waals surface area contributed by atoms with Gasteiger partial charge in [-0.2, -0.15) is 0 Å². The number of piperidine rings is 1. The third-order valence-corrected chi connectivity index (χ3v) is 6.39. The van der Waals surface area contributed by atoms with Crippen LogP contribution in [0.2, 0.25) is 0 Å². The number of hydrogen-bond acceptors (Lipinski definition) is 4. The Hall–Kier alpha value is -1.83. The Morgan fingerprint density at radius 3 is 2.69 bits per heavy atom. The average Bonchev–Trinajstić information content (AvgIpc) is 2.64. The summed E-state index contributed by atoms with van der Waals surface area (Å²) < 4.78 is 41.0. The SMILES string of the molecule is Cc1ccc(F)cc1S(=O)(=O)NCC1CCN(Cc2ccccn2)CC1. The van der Waals surface area contributed by atoms with Crippen LogP contribution in [0.3, 0.4) is 0 Å². The Morgan fingerprint density at radius 1 is 1.23 bits per heavy atom. The topological polar surface area (TPSA) is 62.3 Å². The second-order valence-electron chi connectivity index (χ2n) is 6.80. The van der Waals surface area contributed by atoms with Crippen LogP contribution in [0.1, 0.15) is 24.1 Å². The van der Waals surface area contributed by atoms with Crippen molar-refractivity contribution in [3.05, 3.63) is 59.7 Å². The summed E-state index contributed by atoms with van der Waals surface area (Å²) >= 11 is 0. The molecular formula is C19H24FN3O2S. The summed E-state index contributed by atoms with van der Waals surface area (Å²) in [4.78, 5) is 6.70. The molecule has 5 nitrogen and oxygen atoms in total. The molecule has 1 N–H and O–H groups in total. The monoisotopic (exact) mass is 377 g/mol. The van der Waals surface area contributed by atoms with E-state index in [0.717, 1.165) is 44.2 Å². The molecule has 0 amide bonds. The van der Waals surface area contributed by atoms with Gasteiger partial charge in [-0.05, 0) is 68.6 Å². The van der Waals surface area contributed by atoms with Crippen molar-refractivity contribution in [3.8, 4) is 0 Å². The number of sulfonamides is 1. The quantitative estimate of drug-likeness (QED) is 0.841. The van der Waals surface area contributed by atoms with Gasteiger partial charge in [-0.1, -0.05) is 12.1 Å². The molecule has 0 bridgehead atoms. The maximum Gasteiger partial charge on any atom is 0.240 e. The van der Waals surface area contributed by atoms with Crippen molar-refractivity contribution in [2.24, 2.45) is 5.92 Å². The van der Waals surface area contributed by atoms with Crippen molar-refractivity contribution in [2.75, 3.05) is 19.6 Å². The Bertz CT molecular complexity index is 835. The number of benzene rings is 1. The number of pyridine rings is 1. The molecule has 26 heavy (non-hydrogen) atoms. The van der Waals surface area contributed by atoms with Gasteiger partial charge < -0.3 is 0 Å². The van der Waals surface area contributed by atoms with Crippen LogP contribution in [-0.4, -0.2) is 37.9 Å². The Labute approximate surface area is 154 Å². The van der Waals surface area contributed by atoms with Crippen LogP contribution >= 0.6 is 0 Å². The molecule has 7 heteroatoms. The lowest BCUT2D eigenvalue weighted by molar-refractivity contribution is 0.177. The normalized spacial score (nSPS) is 16.7. The summed E-state index contributed by atoms with van der Waals surface area (Å²) in [5, 5.41) is 0. The van der Waals surface area contributed by atoms with Gasteiger partial charge in [0.05, 0.1) is 10.6 Å². The van der Waals surface area contributed by atoms with Crippen molar-refractivity contribution >= 4 is 10.0 Å². The second kappa shape index (κ2) is 8.24. The summed E-state index contributed by atoms with van der Waals surface area (Å²) in [6, 6.07) is 9.74. The number of nitrogens with one attached hydrogen (secondary N) is 1. The first-order valence-electron chi connectivity index (χ1n) is 8.82. The van der Waals surface area contributed by atoms with Crippen molar-refractivity contribution in [2.45, 2.75) is 31.2 Å². The molecule has 2 heterocycles. The molecule has 0 spiro atoms. The molecule has 0 unspecified atom stereocenters. The Morgan fingerprint density at radius 2 is 2.00 bits per heavy atom. The molecule has 0 saturated carbocycles. The van der Waals surface area contributed by atoms with E-state index in [1.54, 1.807) is 13.1 Å². The first kappa shape index (κ1) is 18.9. The van der Waals surface area contributed by atoms with Crippen molar-refractivity contribution in [3.63, 3.8) is 0 Å². The van der Waals surface area contributed by atoms with Crippen molar-refractivity contribution < 1.29 is 12.8 Å². The van der Waals surface area contributed by atoms with Gasteiger partial charge in [-0.15, -0.1) is 0 Å². The molecule has 3 rings (SSSR count). The molecule has 1 aliphatic rings. The van der Waals surface area contributed by atoms with Gasteiger partial charge in [0.1, 0.15) is 5.82 Å². The zero-order valence-corrected chi connectivity index (χ0v) is 15.7. The number of rotatable bonds is 6. The van der Waals surface area contributed by atoms with Gasteiger partial charge >= 0.3 is 0 Å². The predicted octanol–water partition coefficient (Wildman–Crippen LogP) is 2.72. The van der Waals surface area contributed by atoms with E-state index < -0.39 is 15.8 Å². The number of likely N-dealkylation sites (tertiary alicyclic amines) is 1. The molecule has 0 atom stereocenters. The van der Waals surface area contributed by atoms with E-state index in [1.165, 1.54) is 12.1 Å². The largest absolute Gasteiger partial charge is 0.297 e. The molecular weight excluding hydrogens is 353 g/mol. The van der Waals surface area contributed by atoms with E-state index in [2.05, 4.69) is 14.6 Å². The third kappa shape index (κ3) is 4.87. The highest BCUT2D eigenvalue weighted by molar-refractivity contribution is 7.89. The maximum absolute atomic E-state index is 13.4. The van der Waals surface area contributed by atoms with Gasteiger partial charge in [0, 0.05) is 19.3 Å². The number of aromatic nitrogens is 1. The second-order valence-corrected chi connectivity index (χ2v) is 8.54. The maximum atomic E-state index is 13.4. The van der Waals surface area contributed by atoms with Gasteiger partial charge in [-0.3, -0.25) is 9.88 Å². The van der Waals surface area contributed by atoms with Crippen LogP contribution in [0.4, 0.5) is 4.39 Å². The minimum atomic E-state index is -3.69. The lowest BCUT2D eigenvalue weighted by atomic mass is 9.97. The molecule has 1 aliphatic heterocycles. The lowest BCUT2D eigenvalue weighted by Crippen LogP contribution is -2.38. The minimum absolute atomic E-state index is 0.0186. The fourth-order valence-electron chi connectivity index (χ4n) is 3.24. The highest BCUT2D eigenvalue weighted by Gasteiger charge is 2.23. The van der Waals surface area contributed by atoms with Crippen LogP contribution in [0.15, 0.2) is 47.5 Å². The molecule has 2 aromatic rings. The van der Waals surface area contributed by atoms with E-state index in [0.29, 0.717) is 18.0 Å². The van der Waals surface area contributed by atoms with Crippen molar-refractivity contribution in [1.29, 1.82) is 0 Å². The van der Waals surface area contributed by atoms with Crippen LogP contribution in [0.25, 0.3) is 0 Å². The van der Waals surface area contributed by atoms with Crippen LogP contribution < -0.4 is 4.72 Å². The van der Waals surface area contributed by atoms with E-state index >= 15 is 0 Å². The zero-order chi connectivity index (χ0) is 18.6. The summed E-state index contributed by atoms with van der Waals surface area (Å²) in [6.07, 6.45) is 3.65. The summed E-state index contributed by atoms with van der Waals surface area (Å²) in [5.41, 5.74) is 1.59. The summed E-state index contributed by atoms with van der Waals surface area (Å²) in [6.45, 7) is 4.71. The smallest absolute Gasteiger partial charge is 0.240 e. The predicted molar refractivity (Wildman–Crippen MR) is 98.6 cm³/mol. The highest BCUT2D eigenvalue weighted by Crippen LogP contribution is 2.20. The molecule has 1 fully saturated rings. The molecule has 140 valence electrons. The number of aryl methyl sites for hydroxylation is 1. The summed E-state index contributed by atoms with van der Waals surface area (Å²) in [5.74, 6) is -0.252. The van der Waals surface area contributed by atoms with Gasteiger partial charge in [-0.25, -0.2) is 17.5 Å². The third-order valence-electron chi connectivity index (χ3n) is 4.82. The van der Waals surface area contributed by atoms with Crippen LogP contribution in [-0.2, 0) is 16.6 Å². The van der Waals surface area contributed by atoms with E-state index in [9.17, 15) is 12.8 Å². The molecule has 1 aromatic heterocycles. The average molecular weight is 377 g/mol. The fraction of sp³-hybridized carbons (Fsp3) is 0.421. The number of nitrogens with zero attached hydrogens (tertiary/aromatic N) is 2. The zero-order valence-electron chi connectivity index (χ0n) is 14.9. The molecule has 1 aromatic carbocycles. The fourth-order valence-corrected chi connectivity index (χ4v) is 4.61. The van der Waals surface area contributed by atoms with Crippen LogP contribution in [0, 0.1) is 18.7 Å². The van der Waals surface area contributed by atoms with Gasteiger partial charge in [0.25, 0.3) is 0 Å². The first-order chi connectivity index (χ1) is 12.4. The number of halogens is 1. The molecule has 0 radical (unpaired) electrons. The van der Waals surface area contributed by atoms with E-state index in [-0.39, 0.29) is 4.90 Å². The van der Waals surface area contributed by atoms with Crippen LogP contribution in [0.5, 0.6) is 0 Å². The minimum Gasteiger partial charge on any atom is -0.297 e.